The molecule has 13 heavy (non-hydrogen) atoms. The molecule has 0 nitrogen and oxygen atoms in total. The van der Waals surface area contributed by atoms with Crippen molar-refractivity contribution in [2.24, 2.45) is 0 Å². The molecule has 0 unspecified atom stereocenters. The summed E-state index contributed by atoms with van der Waals surface area (Å²) >= 11 is 0. The summed E-state index contributed by atoms with van der Waals surface area (Å²) in [7, 11) is 0. The van der Waals surface area contributed by atoms with Gasteiger partial charge in [0.15, 0.2) is 0 Å². The molecule has 0 heterocycles. The van der Waals surface area contributed by atoms with Gasteiger partial charge in [0.25, 0.3) is 0 Å². The van der Waals surface area contributed by atoms with Crippen LogP contribution < -0.4 is 0 Å². The zero-order valence-electron chi connectivity index (χ0n) is 8.82. The van der Waals surface area contributed by atoms with Gasteiger partial charge >= 0.3 is 0 Å². The van der Waals surface area contributed by atoms with Crippen molar-refractivity contribution in [1.29, 1.82) is 0 Å². The van der Waals surface area contributed by atoms with Gasteiger partial charge in [0.2, 0.25) is 0 Å². The topological polar surface area (TPSA) is 0 Å². The number of allylic oxidation sites excluding steroid dienone is 4. The van der Waals surface area contributed by atoms with Crippen molar-refractivity contribution in [3.8, 4) is 0 Å². The average Bonchev–Trinajstić information content (AvgIpc) is 2.46. The van der Waals surface area contributed by atoms with Gasteiger partial charge in [0.1, 0.15) is 0 Å². The van der Waals surface area contributed by atoms with Gasteiger partial charge in [-0.05, 0) is 37.7 Å². The molecule has 0 spiro atoms. The molecule has 71 valence electrons. The highest BCUT2D eigenvalue weighted by atomic mass is 14.3. The van der Waals surface area contributed by atoms with E-state index in [1.54, 1.807) is 22.6 Å². The molecule has 2 aliphatic rings. The molecule has 0 aromatic rings. The van der Waals surface area contributed by atoms with Crippen LogP contribution in [0.5, 0.6) is 0 Å². The second-order valence-corrected chi connectivity index (χ2v) is 4.26. The van der Waals surface area contributed by atoms with Crippen LogP contribution in [0.4, 0.5) is 0 Å². The smallest absolute Gasteiger partial charge is 0.0230 e. The summed E-state index contributed by atoms with van der Waals surface area (Å²) in [5.74, 6) is 1.61. The van der Waals surface area contributed by atoms with E-state index in [1.165, 1.54) is 38.5 Å². The minimum atomic E-state index is 1.28. The lowest BCUT2D eigenvalue weighted by Crippen LogP contribution is -2.00. The summed E-state index contributed by atoms with van der Waals surface area (Å²) in [4.78, 5) is 0. The fourth-order valence-electron chi connectivity index (χ4n) is 2.56. The molecule has 0 aromatic heterocycles. The lowest BCUT2D eigenvalue weighted by molar-refractivity contribution is 0.684. The van der Waals surface area contributed by atoms with E-state index >= 15 is 0 Å². The molecule has 0 bridgehead atoms. The molecule has 2 aliphatic carbocycles. The molecule has 0 atom stereocenters. The molecular weight excluding hydrogens is 156 g/mol. The van der Waals surface area contributed by atoms with Gasteiger partial charge in [-0.15, -0.1) is 0 Å². The van der Waals surface area contributed by atoms with E-state index in [2.05, 4.69) is 19.9 Å². The predicted molar refractivity (Wildman–Crippen MR) is 57.4 cm³/mol. The van der Waals surface area contributed by atoms with E-state index in [0.29, 0.717) is 0 Å². The van der Waals surface area contributed by atoms with Crippen molar-refractivity contribution < 1.29 is 0 Å². The molecule has 0 amide bonds. The number of rotatable bonds is 2. The van der Waals surface area contributed by atoms with Crippen LogP contribution in [0.25, 0.3) is 0 Å². The SMILES string of the molecule is CCCC1=CC2=C(CCCC2)[C]1C. The van der Waals surface area contributed by atoms with Gasteiger partial charge in [-0.2, -0.15) is 0 Å². The Morgan fingerprint density at radius 2 is 2.00 bits per heavy atom. The standard InChI is InChI=1S/C13H19/c1-3-6-11-9-12-7-4-5-8-13(12)10(11)2/h9H,3-8H2,1-2H3. The molecular formula is C13H19. The fraction of sp³-hybridized carbons (Fsp3) is 0.615. The minimum Gasteiger partial charge on any atom is -0.0651 e. The number of hydrogen-bond acceptors (Lipinski definition) is 0. The Morgan fingerprint density at radius 3 is 2.69 bits per heavy atom. The van der Waals surface area contributed by atoms with Crippen molar-refractivity contribution >= 4 is 0 Å². The molecule has 0 saturated heterocycles. The minimum absolute atomic E-state index is 1.28. The summed E-state index contributed by atoms with van der Waals surface area (Å²) in [5, 5.41) is 0. The van der Waals surface area contributed by atoms with Gasteiger partial charge in [-0.25, -0.2) is 0 Å². The first-order valence-corrected chi connectivity index (χ1v) is 5.60. The molecule has 2 rings (SSSR count). The highest BCUT2D eigenvalue weighted by Crippen LogP contribution is 2.42. The Kier molecular flexibility index (Phi) is 2.57. The molecule has 0 heteroatoms. The third-order valence-electron chi connectivity index (χ3n) is 3.31. The van der Waals surface area contributed by atoms with Crippen molar-refractivity contribution in [3.63, 3.8) is 0 Å². The molecule has 0 fully saturated rings. The molecule has 1 radical (unpaired) electrons. The van der Waals surface area contributed by atoms with Crippen LogP contribution in [0.3, 0.4) is 0 Å². The maximum atomic E-state index is 2.47. The largest absolute Gasteiger partial charge is 0.0651 e. The van der Waals surface area contributed by atoms with E-state index in [-0.39, 0.29) is 0 Å². The van der Waals surface area contributed by atoms with Gasteiger partial charge in [0.05, 0.1) is 0 Å². The third-order valence-corrected chi connectivity index (χ3v) is 3.31. The molecule has 0 aliphatic heterocycles. The fourth-order valence-corrected chi connectivity index (χ4v) is 2.56. The maximum absolute atomic E-state index is 2.47. The highest BCUT2D eigenvalue weighted by Gasteiger charge is 2.25. The molecule has 0 aromatic carbocycles. The second kappa shape index (κ2) is 3.69. The Labute approximate surface area is 81.7 Å². The zero-order chi connectivity index (χ0) is 9.26. The zero-order valence-corrected chi connectivity index (χ0v) is 8.82. The average molecular weight is 175 g/mol. The van der Waals surface area contributed by atoms with Gasteiger partial charge in [-0.1, -0.05) is 37.5 Å². The first-order chi connectivity index (χ1) is 6.33. The van der Waals surface area contributed by atoms with Crippen LogP contribution in [-0.2, 0) is 0 Å². The van der Waals surface area contributed by atoms with Gasteiger partial charge in [0, 0.05) is 5.92 Å². The van der Waals surface area contributed by atoms with E-state index in [4.69, 9.17) is 0 Å². The molecule has 0 N–H and O–H groups in total. The van der Waals surface area contributed by atoms with Crippen LogP contribution in [0.2, 0.25) is 0 Å². The quantitative estimate of drug-likeness (QED) is 0.590. The van der Waals surface area contributed by atoms with E-state index < -0.39 is 0 Å². The van der Waals surface area contributed by atoms with Gasteiger partial charge in [-0.3, -0.25) is 0 Å². The predicted octanol–water partition coefficient (Wildman–Crippen LogP) is 4.19. The lowest BCUT2D eigenvalue weighted by atomic mass is 9.87. The van der Waals surface area contributed by atoms with Crippen LogP contribution in [0.1, 0.15) is 52.4 Å². The summed E-state index contributed by atoms with van der Waals surface area (Å²) < 4.78 is 0. The Bertz CT molecular complexity index is 255. The van der Waals surface area contributed by atoms with Crippen molar-refractivity contribution in [1.82, 2.24) is 0 Å². The molecule has 0 saturated carbocycles. The number of hydrogen-bond donors (Lipinski definition) is 0. The highest BCUT2D eigenvalue weighted by molar-refractivity contribution is 5.54. The van der Waals surface area contributed by atoms with Crippen molar-refractivity contribution in [3.05, 3.63) is 28.7 Å². The van der Waals surface area contributed by atoms with Crippen molar-refractivity contribution in [2.75, 3.05) is 0 Å². The monoisotopic (exact) mass is 175 g/mol. The second-order valence-electron chi connectivity index (χ2n) is 4.26. The van der Waals surface area contributed by atoms with Crippen LogP contribution in [0.15, 0.2) is 22.8 Å². The van der Waals surface area contributed by atoms with Crippen LogP contribution in [0, 0.1) is 5.92 Å². The van der Waals surface area contributed by atoms with Gasteiger partial charge < -0.3 is 0 Å². The van der Waals surface area contributed by atoms with Crippen molar-refractivity contribution in [2.45, 2.75) is 52.4 Å². The summed E-state index contributed by atoms with van der Waals surface area (Å²) in [6.45, 7) is 4.58. The first kappa shape index (κ1) is 9.05. The van der Waals surface area contributed by atoms with Crippen LogP contribution in [-0.4, -0.2) is 0 Å². The summed E-state index contributed by atoms with van der Waals surface area (Å²) in [6, 6.07) is 0. The van der Waals surface area contributed by atoms with E-state index in [9.17, 15) is 0 Å². The lowest BCUT2D eigenvalue weighted by Gasteiger charge is -2.17. The summed E-state index contributed by atoms with van der Waals surface area (Å²) in [5.41, 5.74) is 4.97. The summed E-state index contributed by atoms with van der Waals surface area (Å²) in [6.07, 6.45) is 10.5. The Hall–Kier alpha value is -0.520. The normalized spacial score (nSPS) is 23.4. The Morgan fingerprint density at radius 1 is 1.23 bits per heavy atom. The maximum Gasteiger partial charge on any atom is 0.0230 e. The third kappa shape index (κ3) is 1.59. The Balaban J connectivity index is 2.14. The van der Waals surface area contributed by atoms with Crippen LogP contribution >= 0.6 is 0 Å². The van der Waals surface area contributed by atoms with E-state index in [0.717, 1.165) is 0 Å². The van der Waals surface area contributed by atoms with E-state index in [1.807, 2.05) is 0 Å². The first-order valence-electron chi connectivity index (χ1n) is 5.60.